The molecule has 266 valence electrons. The van der Waals surface area contributed by atoms with Crippen molar-refractivity contribution in [3.63, 3.8) is 0 Å². The minimum atomic E-state index is -0.243. The average Bonchev–Trinajstić information content (AvgIpc) is 3.51. The zero-order valence-electron chi connectivity index (χ0n) is 31.8. The van der Waals surface area contributed by atoms with Crippen LogP contribution in [0.1, 0.15) is 145 Å². The Kier molecular flexibility index (Phi) is 5.63. The lowest BCUT2D eigenvalue weighted by atomic mass is 9.28. The Balaban J connectivity index is 1.20. The number of aryl methyl sites for hydroxylation is 2. The van der Waals surface area contributed by atoms with Crippen molar-refractivity contribution >= 4 is 44.9 Å². The monoisotopic (exact) mass is 713 g/mol. The molecule has 6 aromatic rings. The van der Waals surface area contributed by atoms with Crippen molar-refractivity contribution < 1.29 is 9.47 Å². The number of rotatable bonds is 1. The molecule has 3 aliphatic heterocycles. The second-order valence-electron chi connectivity index (χ2n) is 18.5. The Morgan fingerprint density at radius 1 is 0.618 bits per heavy atom. The summed E-state index contributed by atoms with van der Waals surface area (Å²) in [5.74, 6) is 5.12. The number of hydrogen-bond donors (Lipinski definition) is 0. The lowest BCUT2D eigenvalue weighted by Crippen LogP contribution is -2.65. The van der Waals surface area contributed by atoms with Gasteiger partial charge in [0.15, 0.2) is 0 Å². The van der Waals surface area contributed by atoms with Gasteiger partial charge in [0.25, 0.3) is 6.71 Å². The van der Waals surface area contributed by atoms with E-state index in [0.717, 1.165) is 49.9 Å². The smallest absolute Gasteiger partial charge is 0.261 e. The highest BCUT2D eigenvalue weighted by Crippen LogP contribution is 2.60. The van der Waals surface area contributed by atoms with Crippen molar-refractivity contribution in [2.45, 2.75) is 108 Å². The molecule has 15 rings (SSSR count). The van der Waals surface area contributed by atoms with Gasteiger partial charge in [0, 0.05) is 21.7 Å². The fraction of sp³-hybridized carbons (Fsp3) is 0.347. The second-order valence-corrected chi connectivity index (χ2v) is 18.5. The van der Waals surface area contributed by atoms with E-state index < -0.39 is 0 Å². The molecule has 1 aromatic heterocycles. The number of nitrogens with zero attached hydrogens (tertiary/aromatic N) is 3. The van der Waals surface area contributed by atoms with Crippen LogP contribution in [-0.4, -0.2) is 11.3 Å². The van der Waals surface area contributed by atoms with E-state index in [2.05, 4.69) is 92.9 Å². The molecule has 4 bridgehead atoms. The molecule has 55 heavy (non-hydrogen) atoms. The second kappa shape index (κ2) is 10.0. The SMILES string of the molecule is Cc1ccc2c(c1)c1cc(C)ccc1n2-c1c(C#N)c2c3c(c1C#N)Oc1cc4c(c5c1B3c1c(cc3c(c1C5(C)C)C1CCC3CC1)O2)C1CCC4CC1. The highest BCUT2D eigenvalue weighted by molar-refractivity contribution is 6.99. The van der Waals surface area contributed by atoms with Crippen molar-refractivity contribution in [2.24, 2.45) is 0 Å². The van der Waals surface area contributed by atoms with Gasteiger partial charge in [-0.05, 0) is 170 Å². The Morgan fingerprint density at radius 3 is 1.49 bits per heavy atom. The summed E-state index contributed by atoms with van der Waals surface area (Å²) in [4.78, 5) is 0. The minimum absolute atomic E-state index is 0.163. The van der Waals surface area contributed by atoms with Crippen LogP contribution in [-0.2, 0) is 5.41 Å². The molecule has 0 unspecified atom stereocenters. The number of hydrogen-bond acceptors (Lipinski definition) is 4. The molecule has 5 nitrogen and oxygen atoms in total. The first-order valence-corrected chi connectivity index (χ1v) is 20.6. The van der Waals surface area contributed by atoms with E-state index in [-0.39, 0.29) is 12.1 Å². The minimum Gasteiger partial charge on any atom is -0.457 e. The summed E-state index contributed by atoms with van der Waals surface area (Å²) in [6, 6.07) is 23.0. The quantitative estimate of drug-likeness (QED) is 0.159. The summed E-state index contributed by atoms with van der Waals surface area (Å²) in [6.07, 6.45) is 9.96. The first-order valence-electron chi connectivity index (χ1n) is 20.6. The van der Waals surface area contributed by atoms with E-state index in [1.807, 2.05) is 0 Å². The molecule has 0 atom stereocenters. The van der Waals surface area contributed by atoms with Crippen LogP contribution in [0.4, 0.5) is 0 Å². The zero-order chi connectivity index (χ0) is 36.8. The topological polar surface area (TPSA) is 71.0 Å². The molecule has 6 heteroatoms. The van der Waals surface area contributed by atoms with Crippen molar-refractivity contribution in [1.82, 2.24) is 4.57 Å². The van der Waals surface area contributed by atoms with Crippen molar-refractivity contribution in [3.05, 3.63) is 104 Å². The Bertz CT molecular complexity index is 2750. The van der Waals surface area contributed by atoms with Gasteiger partial charge in [-0.3, -0.25) is 0 Å². The number of fused-ring (bicyclic) bond motifs is 7. The van der Waals surface area contributed by atoms with Gasteiger partial charge >= 0.3 is 0 Å². The Labute approximate surface area is 321 Å². The molecule has 9 aliphatic rings. The van der Waals surface area contributed by atoms with Gasteiger partial charge < -0.3 is 14.0 Å². The van der Waals surface area contributed by atoms with Gasteiger partial charge in [0.1, 0.15) is 46.3 Å². The van der Waals surface area contributed by atoms with E-state index in [1.54, 1.807) is 11.1 Å². The fourth-order valence-electron chi connectivity index (χ4n) is 13.3. The number of nitriles is 2. The van der Waals surface area contributed by atoms with Gasteiger partial charge in [0.2, 0.25) is 0 Å². The lowest BCUT2D eigenvalue weighted by Gasteiger charge is -2.52. The zero-order valence-corrected chi connectivity index (χ0v) is 31.8. The molecule has 6 aliphatic carbocycles. The standard InChI is InChI=1S/C49H40BN3O2/c1-23-5-15-35-31(17-23)32-18-24(2)6-16-36(32)53(35)46-33(21-51)47-45-48(34(46)22-52)55-38-20-30-26-9-13-28(14-10-26)40(30)42-44(38)50(45)43-37(54-47)19-29-25-7-11-27(12-8-25)39(29)41(43)49(42,3)4/h5-6,15-20,25-28H,7-14H2,1-4H3. The third-order valence-corrected chi connectivity index (χ3v) is 15.4. The predicted octanol–water partition coefficient (Wildman–Crippen LogP) is 10.0. The highest BCUT2D eigenvalue weighted by Gasteiger charge is 2.56. The summed E-state index contributed by atoms with van der Waals surface area (Å²) in [5.41, 5.74) is 17.8. The molecular weight excluding hydrogens is 673 g/mol. The molecule has 0 radical (unpaired) electrons. The Morgan fingerprint density at radius 2 is 1.05 bits per heavy atom. The van der Waals surface area contributed by atoms with Crippen LogP contribution in [0.25, 0.3) is 27.5 Å². The molecule has 2 fully saturated rings. The predicted molar refractivity (Wildman–Crippen MR) is 217 cm³/mol. The molecule has 2 saturated carbocycles. The number of aromatic nitrogens is 1. The van der Waals surface area contributed by atoms with Gasteiger partial charge in [-0.1, -0.05) is 37.1 Å². The summed E-state index contributed by atoms with van der Waals surface area (Å²) in [5, 5.41) is 25.0. The van der Waals surface area contributed by atoms with Crippen LogP contribution in [0.2, 0.25) is 0 Å². The van der Waals surface area contributed by atoms with Gasteiger partial charge in [0.05, 0.1) is 16.7 Å². The highest BCUT2D eigenvalue weighted by atomic mass is 16.5. The van der Waals surface area contributed by atoms with E-state index >= 15 is 0 Å². The lowest BCUT2D eigenvalue weighted by molar-refractivity contribution is 0.344. The van der Waals surface area contributed by atoms with Crippen molar-refractivity contribution in [3.8, 4) is 40.8 Å². The first-order chi connectivity index (χ1) is 26.8. The molecule has 0 N–H and O–H groups in total. The number of benzene rings is 5. The first kappa shape index (κ1) is 30.8. The van der Waals surface area contributed by atoms with E-state index in [9.17, 15) is 10.5 Å². The Hall–Kier alpha value is -5.46. The molecular formula is C49H40BN3O2. The van der Waals surface area contributed by atoms with Crippen LogP contribution < -0.4 is 25.9 Å². The third-order valence-electron chi connectivity index (χ3n) is 15.4. The van der Waals surface area contributed by atoms with E-state index in [4.69, 9.17) is 9.47 Å². The third kappa shape index (κ3) is 3.53. The molecule has 5 aromatic carbocycles. The summed E-state index contributed by atoms with van der Waals surface area (Å²) >= 11 is 0. The maximum Gasteiger partial charge on any atom is 0.261 e. The van der Waals surface area contributed by atoms with Crippen LogP contribution in [0, 0.1) is 36.5 Å². The summed E-state index contributed by atoms with van der Waals surface area (Å²) in [6.45, 7) is 9.04. The normalized spacial score (nSPS) is 23.4. The maximum atomic E-state index is 11.4. The van der Waals surface area contributed by atoms with Crippen LogP contribution in [0.5, 0.6) is 23.0 Å². The van der Waals surface area contributed by atoms with Crippen LogP contribution >= 0.6 is 0 Å². The van der Waals surface area contributed by atoms with Crippen LogP contribution in [0.15, 0.2) is 48.5 Å². The van der Waals surface area contributed by atoms with Crippen molar-refractivity contribution in [1.29, 1.82) is 10.5 Å². The largest absolute Gasteiger partial charge is 0.457 e. The van der Waals surface area contributed by atoms with Gasteiger partial charge in [-0.15, -0.1) is 0 Å². The van der Waals surface area contributed by atoms with Crippen LogP contribution in [0.3, 0.4) is 0 Å². The van der Waals surface area contributed by atoms with E-state index in [1.165, 1.54) is 84.5 Å². The van der Waals surface area contributed by atoms with Gasteiger partial charge in [-0.25, -0.2) is 0 Å². The molecule has 0 saturated heterocycles. The average molecular weight is 714 g/mol. The molecule has 0 amide bonds. The molecule has 4 heterocycles. The summed E-state index contributed by atoms with van der Waals surface area (Å²) < 4.78 is 16.7. The molecule has 0 spiro atoms. The number of ether oxygens (including phenoxy) is 2. The van der Waals surface area contributed by atoms with E-state index in [0.29, 0.717) is 52.0 Å². The summed E-state index contributed by atoms with van der Waals surface area (Å²) in [7, 11) is 0. The van der Waals surface area contributed by atoms with Gasteiger partial charge in [-0.2, -0.15) is 10.5 Å². The maximum absolute atomic E-state index is 11.4. The van der Waals surface area contributed by atoms with Crippen molar-refractivity contribution in [2.75, 3.05) is 0 Å². The fourth-order valence-corrected chi connectivity index (χ4v) is 13.3.